The number of hydrogen-bond acceptors (Lipinski definition) is 3. The second-order valence-corrected chi connectivity index (χ2v) is 2.18. The van der Waals surface area contributed by atoms with E-state index in [0.29, 0.717) is 6.42 Å². The maximum absolute atomic E-state index is 8.38. The zero-order valence-corrected chi connectivity index (χ0v) is 6.70. The standard InChI is InChI=1S/C8H13N3/c1-3-11(7-6-10)8(2)4-5-9/h3,6-8H,1,4,10H2,2H3/b7-6-. The molecule has 0 aliphatic carbocycles. The predicted molar refractivity (Wildman–Crippen MR) is 45.1 cm³/mol. The summed E-state index contributed by atoms with van der Waals surface area (Å²) in [4.78, 5) is 1.79. The highest BCUT2D eigenvalue weighted by Crippen LogP contribution is 2.02. The van der Waals surface area contributed by atoms with Gasteiger partial charge in [-0.05, 0) is 13.1 Å². The van der Waals surface area contributed by atoms with Gasteiger partial charge in [-0.1, -0.05) is 6.58 Å². The maximum Gasteiger partial charge on any atom is 0.0643 e. The molecular formula is C8H13N3. The molecule has 1 atom stereocenters. The molecule has 0 bridgehead atoms. The van der Waals surface area contributed by atoms with Crippen molar-refractivity contribution in [1.82, 2.24) is 4.90 Å². The molecule has 1 unspecified atom stereocenters. The lowest BCUT2D eigenvalue weighted by Crippen LogP contribution is -2.22. The van der Waals surface area contributed by atoms with E-state index in [0.717, 1.165) is 0 Å². The van der Waals surface area contributed by atoms with E-state index in [2.05, 4.69) is 12.6 Å². The molecule has 0 saturated heterocycles. The average molecular weight is 151 g/mol. The van der Waals surface area contributed by atoms with Gasteiger partial charge in [0.15, 0.2) is 0 Å². The van der Waals surface area contributed by atoms with Crippen LogP contribution in [0.3, 0.4) is 0 Å². The Bertz CT molecular complexity index is 178. The fraction of sp³-hybridized carbons (Fsp3) is 0.375. The van der Waals surface area contributed by atoms with Gasteiger partial charge in [-0.2, -0.15) is 5.26 Å². The third kappa shape index (κ3) is 3.31. The van der Waals surface area contributed by atoms with E-state index in [9.17, 15) is 0 Å². The summed E-state index contributed by atoms with van der Waals surface area (Å²) in [7, 11) is 0. The topological polar surface area (TPSA) is 53.0 Å². The molecule has 11 heavy (non-hydrogen) atoms. The molecule has 0 amide bonds. The number of nitrogens with zero attached hydrogens (tertiary/aromatic N) is 2. The Labute approximate surface area is 67.4 Å². The van der Waals surface area contributed by atoms with Crippen LogP contribution in [0, 0.1) is 11.3 Å². The molecule has 2 N–H and O–H groups in total. The van der Waals surface area contributed by atoms with Crippen molar-refractivity contribution in [2.24, 2.45) is 5.73 Å². The van der Waals surface area contributed by atoms with Gasteiger partial charge in [0, 0.05) is 18.4 Å². The first kappa shape index (κ1) is 9.57. The van der Waals surface area contributed by atoms with Crippen LogP contribution in [0.4, 0.5) is 0 Å². The number of nitriles is 1. The second kappa shape index (κ2) is 5.36. The van der Waals surface area contributed by atoms with Crippen molar-refractivity contribution in [2.45, 2.75) is 19.4 Å². The lowest BCUT2D eigenvalue weighted by atomic mass is 10.2. The van der Waals surface area contributed by atoms with Gasteiger partial charge in [0.25, 0.3) is 0 Å². The molecule has 0 rings (SSSR count). The normalized spacial score (nSPS) is 12.4. The Hall–Kier alpha value is -1.43. The van der Waals surface area contributed by atoms with Crippen molar-refractivity contribution >= 4 is 0 Å². The SMILES string of the molecule is C=CN(/C=C\N)C(C)CC#N. The third-order valence-electron chi connectivity index (χ3n) is 1.36. The van der Waals surface area contributed by atoms with E-state index in [1.165, 1.54) is 6.20 Å². The lowest BCUT2D eigenvalue weighted by Gasteiger charge is -2.20. The highest BCUT2D eigenvalue weighted by atomic mass is 15.1. The number of nitrogens with two attached hydrogens (primary N) is 1. The predicted octanol–water partition coefficient (Wildman–Crippen LogP) is 1.16. The van der Waals surface area contributed by atoms with Crippen molar-refractivity contribution in [1.29, 1.82) is 5.26 Å². The van der Waals surface area contributed by atoms with E-state index in [4.69, 9.17) is 11.0 Å². The van der Waals surface area contributed by atoms with Gasteiger partial charge in [0.1, 0.15) is 0 Å². The van der Waals surface area contributed by atoms with Crippen molar-refractivity contribution < 1.29 is 0 Å². The van der Waals surface area contributed by atoms with E-state index in [1.807, 2.05) is 6.92 Å². The van der Waals surface area contributed by atoms with Crippen molar-refractivity contribution in [3.63, 3.8) is 0 Å². The summed E-state index contributed by atoms with van der Waals surface area (Å²) in [5.74, 6) is 0. The fourth-order valence-corrected chi connectivity index (χ4v) is 0.725. The van der Waals surface area contributed by atoms with Crippen LogP contribution in [-0.4, -0.2) is 10.9 Å². The molecule has 3 nitrogen and oxygen atoms in total. The zero-order chi connectivity index (χ0) is 8.69. The van der Waals surface area contributed by atoms with Gasteiger partial charge in [-0.15, -0.1) is 0 Å². The van der Waals surface area contributed by atoms with E-state index >= 15 is 0 Å². The molecular weight excluding hydrogens is 138 g/mol. The van der Waals surface area contributed by atoms with Gasteiger partial charge < -0.3 is 10.6 Å². The summed E-state index contributed by atoms with van der Waals surface area (Å²) in [6.45, 7) is 5.53. The molecule has 0 fully saturated rings. The molecule has 0 aromatic rings. The molecule has 60 valence electrons. The number of hydrogen-bond donors (Lipinski definition) is 1. The van der Waals surface area contributed by atoms with E-state index < -0.39 is 0 Å². The molecule has 0 aromatic heterocycles. The Morgan fingerprint density at radius 3 is 2.82 bits per heavy atom. The fourth-order valence-electron chi connectivity index (χ4n) is 0.725. The van der Waals surface area contributed by atoms with Crippen LogP contribution < -0.4 is 5.73 Å². The summed E-state index contributed by atoms with van der Waals surface area (Å²) in [6.07, 6.45) is 5.23. The monoisotopic (exact) mass is 151 g/mol. The highest BCUT2D eigenvalue weighted by molar-refractivity contribution is 4.91. The Kier molecular flexibility index (Phi) is 4.67. The Morgan fingerprint density at radius 1 is 1.82 bits per heavy atom. The number of rotatable bonds is 4. The van der Waals surface area contributed by atoms with Crippen LogP contribution in [0.2, 0.25) is 0 Å². The average Bonchev–Trinajstić information content (AvgIpc) is 2.00. The lowest BCUT2D eigenvalue weighted by molar-refractivity contribution is 0.395. The molecule has 0 aliphatic rings. The maximum atomic E-state index is 8.38. The summed E-state index contributed by atoms with van der Waals surface area (Å²) in [5.41, 5.74) is 5.19. The summed E-state index contributed by atoms with van der Waals surface area (Å²) >= 11 is 0. The summed E-state index contributed by atoms with van der Waals surface area (Å²) in [5, 5.41) is 8.38. The van der Waals surface area contributed by atoms with E-state index in [1.54, 1.807) is 17.3 Å². The van der Waals surface area contributed by atoms with Crippen LogP contribution in [0.15, 0.2) is 25.2 Å². The van der Waals surface area contributed by atoms with Gasteiger partial charge in [0.05, 0.1) is 12.5 Å². The molecule has 0 heterocycles. The smallest absolute Gasteiger partial charge is 0.0643 e. The van der Waals surface area contributed by atoms with Gasteiger partial charge >= 0.3 is 0 Å². The van der Waals surface area contributed by atoms with Crippen LogP contribution in [0.25, 0.3) is 0 Å². The van der Waals surface area contributed by atoms with E-state index in [-0.39, 0.29) is 6.04 Å². The first-order valence-corrected chi connectivity index (χ1v) is 3.41. The van der Waals surface area contributed by atoms with Crippen molar-refractivity contribution in [3.05, 3.63) is 25.2 Å². The minimum Gasteiger partial charge on any atom is -0.403 e. The largest absolute Gasteiger partial charge is 0.403 e. The Balaban J connectivity index is 4.03. The zero-order valence-electron chi connectivity index (χ0n) is 6.70. The molecule has 0 aliphatic heterocycles. The van der Waals surface area contributed by atoms with Crippen LogP contribution in [-0.2, 0) is 0 Å². The quantitative estimate of drug-likeness (QED) is 0.656. The van der Waals surface area contributed by atoms with Gasteiger partial charge in [0.2, 0.25) is 0 Å². The van der Waals surface area contributed by atoms with Crippen LogP contribution in [0.5, 0.6) is 0 Å². The van der Waals surface area contributed by atoms with Gasteiger partial charge in [-0.25, -0.2) is 0 Å². The van der Waals surface area contributed by atoms with Crippen LogP contribution >= 0.6 is 0 Å². The first-order valence-electron chi connectivity index (χ1n) is 3.41. The first-order chi connectivity index (χ1) is 5.26. The molecule has 3 heteroatoms. The summed E-state index contributed by atoms with van der Waals surface area (Å²) < 4.78 is 0. The highest BCUT2D eigenvalue weighted by Gasteiger charge is 2.04. The molecule has 0 saturated carbocycles. The molecule has 0 aromatic carbocycles. The van der Waals surface area contributed by atoms with Crippen molar-refractivity contribution in [2.75, 3.05) is 0 Å². The van der Waals surface area contributed by atoms with Crippen LogP contribution in [0.1, 0.15) is 13.3 Å². The molecule has 0 radical (unpaired) electrons. The second-order valence-electron chi connectivity index (χ2n) is 2.18. The minimum atomic E-state index is 0.136. The third-order valence-corrected chi connectivity index (χ3v) is 1.36. The molecule has 0 spiro atoms. The minimum absolute atomic E-state index is 0.136. The van der Waals surface area contributed by atoms with Crippen molar-refractivity contribution in [3.8, 4) is 6.07 Å². The van der Waals surface area contributed by atoms with Gasteiger partial charge in [-0.3, -0.25) is 0 Å². The summed E-state index contributed by atoms with van der Waals surface area (Å²) in [6, 6.07) is 2.21. The Morgan fingerprint density at radius 2 is 2.45 bits per heavy atom.